The highest BCUT2D eigenvalue weighted by Crippen LogP contribution is 2.21. The number of hydrogen-bond acceptors (Lipinski definition) is 3. The van der Waals surface area contributed by atoms with Gasteiger partial charge in [0, 0.05) is 31.6 Å². The van der Waals surface area contributed by atoms with Gasteiger partial charge in [0.05, 0.1) is 11.7 Å². The van der Waals surface area contributed by atoms with E-state index in [0.717, 1.165) is 25.2 Å². The van der Waals surface area contributed by atoms with Gasteiger partial charge in [-0.3, -0.25) is 9.69 Å². The first-order chi connectivity index (χ1) is 8.96. The molecular formula is C16H23NO2. The van der Waals surface area contributed by atoms with Gasteiger partial charge in [0.25, 0.3) is 0 Å². The monoisotopic (exact) mass is 261 g/mol. The number of morpholine rings is 1. The Bertz CT molecular complexity index is 428. The highest BCUT2D eigenvalue weighted by Gasteiger charge is 2.31. The molecule has 0 saturated carbocycles. The molecule has 1 fully saturated rings. The lowest BCUT2D eigenvalue weighted by molar-refractivity contribution is -0.128. The molecule has 0 N–H and O–H groups in total. The van der Waals surface area contributed by atoms with Crippen molar-refractivity contribution in [3.05, 3.63) is 35.9 Å². The van der Waals surface area contributed by atoms with Crippen LogP contribution in [0.4, 0.5) is 0 Å². The molecule has 1 aromatic carbocycles. The molecule has 1 aliphatic rings. The van der Waals surface area contributed by atoms with E-state index < -0.39 is 0 Å². The lowest BCUT2D eigenvalue weighted by Crippen LogP contribution is -2.52. The predicted octanol–water partition coefficient (Wildman–Crippen LogP) is 2.76. The summed E-state index contributed by atoms with van der Waals surface area (Å²) in [5, 5.41) is 0. The van der Waals surface area contributed by atoms with Crippen molar-refractivity contribution in [2.75, 3.05) is 19.6 Å². The van der Waals surface area contributed by atoms with Crippen LogP contribution in [0.1, 0.15) is 37.6 Å². The maximum absolute atomic E-state index is 12.1. The van der Waals surface area contributed by atoms with Gasteiger partial charge < -0.3 is 4.74 Å². The summed E-state index contributed by atoms with van der Waals surface area (Å²) >= 11 is 0. The van der Waals surface area contributed by atoms with Gasteiger partial charge in [-0.05, 0) is 20.8 Å². The summed E-state index contributed by atoms with van der Waals surface area (Å²) < 4.78 is 5.87. The highest BCUT2D eigenvalue weighted by atomic mass is 16.5. The van der Waals surface area contributed by atoms with Crippen molar-refractivity contribution < 1.29 is 9.53 Å². The summed E-state index contributed by atoms with van der Waals surface area (Å²) in [7, 11) is 0. The first kappa shape index (κ1) is 14.2. The molecule has 19 heavy (non-hydrogen) atoms. The molecular weight excluding hydrogens is 238 g/mol. The fourth-order valence-electron chi connectivity index (χ4n) is 2.78. The molecule has 2 rings (SSSR count). The first-order valence-corrected chi connectivity index (χ1v) is 6.95. The molecule has 0 bridgehead atoms. The Balaban J connectivity index is 1.87. The summed E-state index contributed by atoms with van der Waals surface area (Å²) in [6.45, 7) is 8.91. The van der Waals surface area contributed by atoms with Crippen molar-refractivity contribution in [1.29, 1.82) is 0 Å². The van der Waals surface area contributed by atoms with Gasteiger partial charge in [0.1, 0.15) is 0 Å². The fourth-order valence-corrected chi connectivity index (χ4v) is 2.78. The minimum Gasteiger partial charge on any atom is -0.370 e. The summed E-state index contributed by atoms with van der Waals surface area (Å²) in [5.74, 6) is 0.220. The van der Waals surface area contributed by atoms with Crippen LogP contribution in [0, 0.1) is 0 Å². The summed E-state index contributed by atoms with van der Waals surface area (Å²) in [4.78, 5) is 14.4. The number of nitrogens with zero attached hydrogens (tertiary/aromatic N) is 1. The van der Waals surface area contributed by atoms with Crippen LogP contribution in [0.25, 0.3) is 0 Å². The standard InChI is InChI=1S/C16H23NO2/c1-13-11-17(12-16(2,3)19-13)10-9-15(18)14-7-5-4-6-8-14/h4-8,13H,9-12H2,1-3H3. The van der Waals surface area contributed by atoms with Crippen LogP contribution in [0.3, 0.4) is 0 Å². The lowest BCUT2D eigenvalue weighted by Gasteiger charge is -2.41. The third-order valence-electron chi connectivity index (χ3n) is 3.39. The summed E-state index contributed by atoms with van der Waals surface area (Å²) in [5.41, 5.74) is 0.691. The second-order valence-electron chi connectivity index (χ2n) is 5.96. The van der Waals surface area contributed by atoms with Gasteiger partial charge in [-0.1, -0.05) is 30.3 Å². The topological polar surface area (TPSA) is 29.5 Å². The van der Waals surface area contributed by atoms with E-state index in [1.54, 1.807) is 0 Å². The number of carbonyl (C=O) groups excluding carboxylic acids is 1. The quantitative estimate of drug-likeness (QED) is 0.781. The normalized spacial score (nSPS) is 23.2. The Morgan fingerprint density at radius 1 is 1.37 bits per heavy atom. The van der Waals surface area contributed by atoms with E-state index in [0.29, 0.717) is 6.42 Å². The predicted molar refractivity (Wildman–Crippen MR) is 76.5 cm³/mol. The molecule has 3 nitrogen and oxygen atoms in total. The van der Waals surface area contributed by atoms with Crippen molar-refractivity contribution >= 4 is 5.78 Å². The largest absolute Gasteiger partial charge is 0.370 e. The minimum atomic E-state index is -0.118. The molecule has 1 atom stereocenters. The first-order valence-electron chi connectivity index (χ1n) is 6.95. The molecule has 0 aromatic heterocycles. The maximum atomic E-state index is 12.1. The molecule has 3 heteroatoms. The number of ketones is 1. The Morgan fingerprint density at radius 3 is 2.68 bits per heavy atom. The molecule has 0 aliphatic carbocycles. The van der Waals surface area contributed by atoms with E-state index in [9.17, 15) is 4.79 Å². The molecule has 1 aromatic rings. The molecule has 1 aliphatic heterocycles. The molecule has 0 amide bonds. The number of Topliss-reactive ketones (excluding diaryl/α,β-unsaturated/α-hetero) is 1. The van der Waals surface area contributed by atoms with Crippen molar-refractivity contribution in [2.45, 2.75) is 38.9 Å². The van der Waals surface area contributed by atoms with Gasteiger partial charge in [-0.2, -0.15) is 0 Å². The van der Waals surface area contributed by atoms with Crippen LogP contribution in [0.15, 0.2) is 30.3 Å². The van der Waals surface area contributed by atoms with Gasteiger partial charge >= 0.3 is 0 Å². The molecule has 1 heterocycles. The number of benzene rings is 1. The zero-order valence-electron chi connectivity index (χ0n) is 12.1. The van der Waals surface area contributed by atoms with Crippen LogP contribution in [-0.2, 0) is 4.74 Å². The van der Waals surface area contributed by atoms with Crippen molar-refractivity contribution in [1.82, 2.24) is 4.90 Å². The number of ether oxygens (including phenoxy) is 1. The second-order valence-corrected chi connectivity index (χ2v) is 5.96. The average molecular weight is 261 g/mol. The summed E-state index contributed by atoms with van der Waals surface area (Å²) in [6, 6.07) is 9.52. The van der Waals surface area contributed by atoms with Crippen molar-refractivity contribution in [2.24, 2.45) is 0 Å². The number of rotatable bonds is 4. The smallest absolute Gasteiger partial charge is 0.164 e. The number of hydrogen-bond donors (Lipinski definition) is 0. The zero-order chi connectivity index (χ0) is 13.9. The zero-order valence-corrected chi connectivity index (χ0v) is 12.1. The molecule has 0 radical (unpaired) electrons. The molecule has 0 spiro atoms. The molecule has 1 saturated heterocycles. The lowest BCUT2D eigenvalue weighted by atomic mass is 10.0. The SMILES string of the molecule is CC1CN(CCC(=O)c2ccccc2)CC(C)(C)O1. The fraction of sp³-hybridized carbons (Fsp3) is 0.562. The third-order valence-corrected chi connectivity index (χ3v) is 3.39. The molecule has 104 valence electrons. The van der Waals surface area contributed by atoms with Crippen LogP contribution < -0.4 is 0 Å². The average Bonchev–Trinajstić information content (AvgIpc) is 2.34. The Labute approximate surface area is 115 Å². The van der Waals surface area contributed by atoms with E-state index in [-0.39, 0.29) is 17.5 Å². The highest BCUT2D eigenvalue weighted by molar-refractivity contribution is 5.96. The Morgan fingerprint density at radius 2 is 2.05 bits per heavy atom. The van der Waals surface area contributed by atoms with Crippen LogP contribution >= 0.6 is 0 Å². The van der Waals surface area contributed by atoms with Gasteiger partial charge in [0.2, 0.25) is 0 Å². The van der Waals surface area contributed by atoms with Crippen LogP contribution in [-0.4, -0.2) is 42.0 Å². The van der Waals surface area contributed by atoms with E-state index in [1.807, 2.05) is 30.3 Å². The van der Waals surface area contributed by atoms with E-state index >= 15 is 0 Å². The van der Waals surface area contributed by atoms with Crippen molar-refractivity contribution in [3.8, 4) is 0 Å². The van der Waals surface area contributed by atoms with Crippen LogP contribution in [0.2, 0.25) is 0 Å². The Hall–Kier alpha value is -1.19. The summed E-state index contributed by atoms with van der Waals surface area (Å²) in [6.07, 6.45) is 0.808. The third kappa shape index (κ3) is 4.15. The Kier molecular flexibility index (Phi) is 4.38. The van der Waals surface area contributed by atoms with E-state index in [4.69, 9.17) is 4.74 Å². The maximum Gasteiger partial charge on any atom is 0.164 e. The molecule has 1 unspecified atom stereocenters. The minimum absolute atomic E-state index is 0.118. The van der Waals surface area contributed by atoms with Crippen LogP contribution in [0.5, 0.6) is 0 Å². The van der Waals surface area contributed by atoms with Gasteiger partial charge in [-0.25, -0.2) is 0 Å². The van der Waals surface area contributed by atoms with E-state index in [2.05, 4.69) is 25.7 Å². The van der Waals surface area contributed by atoms with Gasteiger partial charge in [0.15, 0.2) is 5.78 Å². The van der Waals surface area contributed by atoms with Crippen molar-refractivity contribution in [3.63, 3.8) is 0 Å². The van der Waals surface area contributed by atoms with E-state index in [1.165, 1.54) is 0 Å². The second kappa shape index (κ2) is 5.85. The van der Waals surface area contributed by atoms with Gasteiger partial charge in [-0.15, -0.1) is 0 Å². The number of carbonyl (C=O) groups is 1.